The average molecular weight is 181 g/mol. The summed E-state index contributed by atoms with van der Waals surface area (Å²) < 4.78 is 9.56. The summed E-state index contributed by atoms with van der Waals surface area (Å²) >= 11 is 0. The zero-order chi connectivity index (χ0) is 9.84. The summed E-state index contributed by atoms with van der Waals surface area (Å²) in [5.41, 5.74) is 0.976. The molecule has 4 nitrogen and oxygen atoms in total. The van der Waals surface area contributed by atoms with Gasteiger partial charge in [0.05, 0.1) is 14.2 Å². The van der Waals surface area contributed by atoms with E-state index < -0.39 is 5.97 Å². The van der Waals surface area contributed by atoms with E-state index >= 15 is 0 Å². The number of aromatic amines is 1. The van der Waals surface area contributed by atoms with Gasteiger partial charge < -0.3 is 14.5 Å². The van der Waals surface area contributed by atoms with Gasteiger partial charge in [0.1, 0.15) is 11.4 Å². The second-order valence-electron chi connectivity index (χ2n) is 2.34. The highest BCUT2D eigenvalue weighted by molar-refractivity contribution is 5.92. The Balaban J connectivity index is 3.15. The summed E-state index contributed by atoms with van der Waals surface area (Å²) in [5, 5.41) is 0. The molecule has 0 amide bonds. The molecule has 0 radical (unpaired) electrons. The van der Waals surface area contributed by atoms with Gasteiger partial charge in [-0.25, -0.2) is 4.79 Å². The third-order valence-electron chi connectivity index (χ3n) is 1.70. The minimum Gasteiger partial charge on any atom is -0.495 e. The van der Waals surface area contributed by atoms with E-state index in [0.717, 1.165) is 0 Å². The van der Waals surface area contributed by atoms with Gasteiger partial charge in [0.25, 0.3) is 0 Å². The maximum atomic E-state index is 11.2. The molecule has 1 N–H and O–H groups in total. The minimum absolute atomic E-state index is 0.356. The van der Waals surface area contributed by atoms with Gasteiger partial charge in [-0.3, -0.25) is 0 Å². The van der Waals surface area contributed by atoms with E-state index in [9.17, 15) is 4.79 Å². The summed E-state index contributed by atoms with van der Waals surface area (Å²) in [7, 11) is 2.85. The summed E-state index contributed by atoms with van der Waals surface area (Å²) in [6.07, 6.45) is 3.13. The molecule has 0 aliphatic carbocycles. The van der Waals surface area contributed by atoms with Crippen molar-refractivity contribution in [2.24, 2.45) is 0 Å². The Hall–Kier alpha value is -1.71. The monoisotopic (exact) mass is 181 g/mol. The van der Waals surface area contributed by atoms with E-state index in [0.29, 0.717) is 17.0 Å². The lowest BCUT2D eigenvalue weighted by molar-refractivity contribution is 0.0594. The lowest BCUT2D eigenvalue weighted by atomic mass is 10.2. The Morgan fingerprint density at radius 1 is 1.62 bits per heavy atom. The molecule has 0 aliphatic rings. The van der Waals surface area contributed by atoms with E-state index in [1.807, 2.05) is 0 Å². The highest BCUT2D eigenvalue weighted by atomic mass is 16.5. The standard InChI is InChI=1S/C9H11NO3/c1-4-6-7(12-2)5-10-8(6)9(11)13-3/h4-5,10H,1H2,2-3H3. The van der Waals surface area contributed by atoms with Crippen molar-refractivity contribution in [2.45, 2.75) is 0 Å². The van der Waals surface area contributed by atoms with Crippen molar-refractivity contribution < 1.29 is 14.3 Å². The van der Waals surface area contributed by atoms with Crippen LogP contribution in [0.1, 0.15) is 16.1 Å². The van der Waals surface area contributed by atoms with E-state index in [1.54, 1.807) is 12.3 Å². The molecule has 0 bridgehead atoms. The molecule has 1 aromatic heterocycles. The Kier molecular flexibility index (Phi) is 2.74. The quantitative estimate of drug-likeness (QED) is 0.718. The van der Waals surface area contributed by atoms with Crippen LogP contribution in [0.25, 0.3) is 6.08 Å². The first-order valence-electron chi connectivity index (χ1n) is 3.70. The predicted octanol–water partition coefficient (Wildman–Crippen LogP) is 1.45. The number of aromatic nitrogens is 1. The number of ether oxygens (including phenoxy) is 2. The molecule has 0 saturated carbocycles. The number of nitrogens with one attached hydrogen (secondary N) is 1. The normalized spacial score (nSPS) is 9.38. The molecule has 70 valence electrons. The summed E-state index contributed by atoms with van der Waals surface area (Å²) in [5.74, 6) is 0.147. The van der Waals surface area contributed by atoms with Crippen LogP contribution in [0.5, 0.6) is 5.75 Å². The van der Waals surface area contributed by atoms with E-state index in [-0.39, 0.29) is 0 Å². The maximum absolute atomic E-state index is 11.2. The zero-order valence-electron chi connectivity index (χ0n) is 7.59. The molecule has 0 aliphatic heterocycles. The number of hydrogen-bond donors (Lipinski definition) is 1. The van der Waals surface area contributed by atoms with Gasteiger partial charge >= 0.3 is 5.97 Å². The van der Waals surface area contributed by atoms with Crippen molar-refractivity contribution in [1.29, 1.82) is 0 Å². The Bertz CT molecular complexity index is 328. The fourth-order valence-corrected chi connectivity index (χ4v) is 1.06. The van der Waals surface area contributed by atoms with Gasteiger partial charge in [0, 0.05) is 11.8 Å². The number of rotatable bonds is 3. The number of carbonyl (C=O) groups excluding carboxylic acids is 1. The van der Waals surface area contributed by atoms with Crippen molar-refractivity contribution in [3.05, 3.63) is 24.0 Å². The predicted molar refractivity (Wildman–Crippen MR) is 48.8 cm³/mol. The summed E-state index contributed by atoms with van der Waals surface area (Å²) in [6.45, 7) is 3.58. The van der Waals surface area contributed by atoms with Crippen molar-refractivity contribution in [1.82, 2.24) is 4.98 Å². The Morgan fingerprint density at radius 2 is 2.31 bits per heavy atom. The minimum atomic E-state index is -0.432. The molecule has 1 heterocycles. The first-order valence-corrected chi connectivity index (χ1v) is 3.70. The lowest BCUT2D eigenvalue weighted by Crippen LogP contribution is -2.03. The van der Waals surface area contributed by atoms with Crippen LogP contribution < -0.4 is 4.74 Å². The van der Waals surface area contributed by atoms with Gasteiger partial charge in [-0.15, -0.1) is 0 Å². The van der Waals surface area contributed by atoms with Gasteiger partial charge in [0.15, 0.2) is 0 Å². The van der Waals surface area contributed by atoms with Crippen LogP contribution in [0.15, 0.2) is 12.8 Å². The molecule has 0 unspecified atom stereocenters. The first-order chi connectivity index (χ1) is 6.24. The van der Waals surface area contributed by atoms with Crippen molar-refractivity contribution in [3.8, 4) is 5.75 Å². The highest BCUT2D eigenvalue weighted by Gasteiger charge is 2.15. The number of hydrogen-bond acceptors (Lipinski definition) is 3. The number of H-pyrrole nitrogens is 1. The van der Waals surface area contributed by atoms with Crippen LogP contribution in [0.3, 0.4) is 0 Å². The molecule has 1 aromatic rings. The second-order valence-corrected chi connectivity index (χ2v) is 2.34. The smallest absolute Gasteiger partial charge is 0.355 e. The fourth-order valence-electron chi connectivity index (χ4n) is 1.06. The first kappa shape index (κ1) is 9.38. The van der Waals surface area contributed by atoms with Crippen molar-refractivity contribution in [3.63, 3.8) is 0 Å². The highest BCUT2D eigenvalue weighted by Crippen LogP contribution is 2.23. The molecule has 1 rings (SSSR count). The molecule has 13 heavy (non-hydrogen) atoms. The van der Waals surface area contributed by atoms with E-state index in [2.05, 4.69) is 16.3 Å². The lowest BCUT2D eigenvalue weighted by Gasteiger charge is -1.99. The third kappa shape index (κ3) is 1.56. The van der Waals surface area contributed by atoms with E-state index in [4.69, 9.17) is 4.74 Å². The second kappa shape index (κ2) is 3.80. The largest absolute Gasteiger partial charge is 0.495 e. The van der Waals surface area contributed by atoms with Crippen molar-refractivity contribution in [2.75, 3.05) is 14.2 Å². The number of carbonyl (C=O) groups is 1. The van der Waals surface area contributed by atoms with Gasteiger partial charge in [-0.05, 0) is 0 Å². The number of methoxy groups -OCH3 is 2. The van der Waals surface area contributed by atoms with Crippen LogP contribution in [-0.2, 0) is 4.74 Å². The number of esters is 1. The van der Waals surface area contributed by atoms with Crippen LogP contribution in [0, 0.1) is 0 Å². The van der Waals surface area contributed by atoms with E-state index in [1.165, 1.54) is 14.2 Å². The molecule has 0 spiro atoms. The molecule has 0 saturated heterocycles. The van der Waals surface area contributed by atoms with Crippen molar-refractivity contribution >= 4 is 12.0 Å². The van der Waals surface area contributed by atoms with Crippen LogP contribution in [-0.4, -0.2) is 25.2 Å². The van der Waals surface area contributed by atoms with Gasteiger partial charge in [-0.2, -0.15) is 0 Å². The molecule has 0 aromatic carbocycles. The molecular weight excluding hydrogens is 170 g/mol. The molecule has 0 atom stereocenters. The SMILES string of the molecule is C=Cc1c(OC)c[nH]c1C(=O)OC. The fraction of sp³-hybridized carbons (Fsp3) is 0.222. The Morgan fingerprint density at radius 3 is 2.77 bits per heavy atom. The summed E-state index contributed by atoms with van der Waals surface area (Å²) in [6, 6.07) is 0. The van der Waals surface area contributed by atoms with Crippen LogP contribution >= 0.6 is 0 Å². The van der Waals surface area contributed by atoms with Crippen LogP contribution in [0.4, 0.5) is 0 Å². The maximum Gasteiger partial charge on any atom is 0.355 e. The third-order valence-corrected chi connectivity index (χ3v) is 1.70. The molecule has 0 fully saturated rings. The average Bonchev–Trinajstić information content (AvgIpc) is 2.58. The molecular formula is C9H11NO3. The summed E-state index contributed by atoms with van der Waals surface area (Å²) in [4.78, 5) is 13.9. The van der Waals surface area contributed by atoms with Gasteiger partial charge in [-0.1, -0.05) is 12.7 Å². The molecule has 4 heteroatoms. The Labute approximate surface area is 76.2 Å². The van der Waals surface area contributed by atoms with Gasteiger partial charge in [0.2, 0.25) is 0 Å². The topological polar surface area (TPSA) is 51.3 Å². The van der Waals surface area contributed by atoms with Crippen LogP contribution in [0.2, 0.25) is 0 Å². The zero-order valence-corrected chi connectivity index (χ0v) is 7.59.